The van der Waals surface area contributed by atoms with E-state index in [1.807, 2.05) is 18.2 Å². The molecule has 2 unspecified atom stereocenters. The van der Waals surface area contributed by atoms with Crippen LogP contribution in [0, 0.1) is 23.5 Å². The number of carboxylic acid groups (broad SMARTS) is 1. The molecule has 3 aromatic rings. The van der Waals surface area contributed by atoms with E-state index in [4.69, 9.17) is 9.47 Å². The van der Waals surface area contributed by atoms with Gasteiger partial charge in [0.05, 0.1) is 19.2 Å². The van der Waals surface area contributed by atoms with Crippen molar-refractivity contribution in [3.05, 3.63) is 76.5 Å². The summed E-state index contributed by atoms with van der Waals surface area (Å²) in [5.74, 6) is -2.05. The summed E-state index contributed by atoms with van der Waals surface area (Å²) >= 11 is 0. The van der Waals surface area contributed by atoms with Gasteiger partial charge in [-0.1, -0.05) is 43.7 Å². The topological polar surface area (TPSA) is 71.9 Å². The first-order valence-corrected chi connectivity index (χ1v) is 15.1. The number of hydrogen-bond acceptors (Lipinski definition) is 5. The normalized spacial score (nSPS) is 20.3. The van der Waals surface area contributed by atoms with Crippen molar-refractivity contribution in [2.45, 2.75) is 70.4 Å². The molecule has 2 fully saturated rings. The first-order valence-electron chi connectivity index (χ1n) is 15.1. The van der Waals surface area contributed by atoms with Crippen LogP contribution in [0.2, 0.25) is 0 Å². The number of piperidine rings is 1. The molecule has 222 valence electrons. The van der Waals surface area contributed by atoms with E-state index in [-0.39, 0.29) is 23.7 Å². The summed E-state index contributed by atoms with van der Waals surface area (Å²) < 4.78 is 42.8. The van der Waals surface area contributed by atoms with E-state index in [9.17, 15) is 9.90 Å². The molecule has 8 heteroatoms. The minimum absolute atomic E-state index is 0.181. The third kappa shape index (κ3) is 5.74. The van der Waals surface area contributed by atoms with Crippen LogP contribution < -0.4 is 9.47 Å². The molecule has 0 spiro atoms. The smallest absolute Gasteiger partial charge is 0.306 e. The molecule has 6 nitrogen and oxygen atoms in total. The lowest BCUT2D eigenvalue weighted by molar-refractivity contribution is -0.142. The number of pyridine rings is 1. The molecule has 42 heavy (non-hydrogen) atoms. The monoisotopic (exact) mass is 576 g/mol. The Morgan fingerprint density at radius 2 is 1.88 bits per heavy atom. The lowest BCUT2D eigenvalue weighted by Crippen LogP contribution is -2.29. The number of hydrogen-bond donors (Lipinski definition) is 1. The van der Waals surface area contributed by atoms with Crippen LogP contribution in [0.15, 0.2) is 42.6 Å². The molecule has 0 bridgehead atoms. The van der Waals surface area contributed by atoms with Gasteiger partial charge in [0.25, 0.3) is 0 Å². The van der Waals surface area contributed by atoms with Gasteiger partial charge in [0.1, 0.15) is 11.9 Å². The number of benzene rings is 2. The SMILES string of the molecule is COc1cc(-c2ccc(C3CCc4ccc(C(C5CC5)[C@H](C)C(=O)O)c(F)c4O3)cc2CN2CCCCC2)c(F)cn1. The molecule has 1 saturated carbocycles. The second-order valence-corrected chi connectivity index (χ2v) is 12.1. The molecule has 6 rings (SSSR count). The summed E-state index contributed by atoms with van der Waals surface area (Å²) in [4.78, 5) is 18.3. The second-order valence-electron chi connectivity index (χ2n) is 12.1. The summed E-state index contributed by atoms with van der Waals surface area (Å²) in [7, 11) is 1.51. The van der Waals surface area contributed by atoms with Crippen LogP contribution >= 0.6 is 0 Å². The van der Waals surface area contributed by atoms with Crippen LogP contribution in [0.4, 0.5) is 8.78 Å². The van der Waals surface area contributed by atoms with Gasteiger partial charge in [-0.15, -0.1) is 0 Å². The number of ether oxygens (including phenoxy) is 2. The number of methoxy groups -OCH3 is 1. The highest BCUT2D eigenvalue weighted by atomic mass is 19.1. The number of rotatable bonds is 9. The molecular formula is C34H38F2N2O4. The Bertz CT molecular complexity index is 1470. The fourth-order valence-electron chi connectivity index (χ4n) is 6.76. The molecule has 1 N–H and O–H groups in total. The van der Waals surface area contributed by atoms with Crippen LogP contribution in [0.5, 0.6) is 11.6 Å². The molecular weight excluding hydrogens is 538 g/mol. The fourth-order valence-corrected chi connectivity index (χ4v) is 6.76. The van der Waals surface area contributed by atoms with Crippen molar-refractivity contribution in [1.82, 2.24) is 9.88 Å². The molecule has 3 atom stereocenters. The summed E-state index contributed by atoms with van der Waals surface area (Å²) in [5, 5.41) is 9.71. The van der Waals surface area contributed by atoms with E-state index < -0.39 is 23.5 Å². The van der Waals surface area contributed by atoms with Gasteiger partial charge in [0.15, 0.2) is 11.6 Å². The Labute approximate surface area is 245 Å². The third-order valence-electron chi connectivity index (χ3n) is 9.23. The zero-order chi connectivity index (χ0) is 29.4. The van der Waals surface area contributed by atoms with Crippen LogP contribution in [0.3, 0.4) is 0 Å². The van der Waals surface area contributed by atoms with Crippen LogP contribution in [0.1, 0.15) is 79.7 Å². The molecule has 1 saturated heterocycles. The molecule has 1 aromatic heterocycles. The van der Waals surface area contributed by atoms with Crippen molar-refractivity contribution in [3.63, 3.8) is 0 Å². The summed E-state index contributed by atoms with van der Waals surface area (Å²) in [5.41, 5.74) is 4.36. The third-order valence-corrected chi connectivity index (χ3v) is 9.23. The molecule has 0 amide bonds. The maximum absolute atomic E-state index is 16.1. The van der Waals surface area contributed by atoms with Gasteiger partial charge in [-0.25, -0.2) is 13.8 Å². The number of aromatic nitrogens is 1. The molecule has 3 aliphatic rings. The van der Waals surface area contributed by atoms with Gasteiger partial charge < -0.3 is 14.6 Å². The zero-order valence-electron chi connectivity index (χ0n) is 24.2. The van der Waals surface area contributed by atoms with Crippen LogP contribution in [-0.4, -0.2) is 41.2 Å². The second kappa shape index (κ2) is 12.0. The molecule has 2 aromatic carbocycles. The molecule has 1 aliphatic carbocycles. The Morgan fingerprint density at radius 3 is 2.60 bits per heavy atom. The highest BCUT2D eigenvalue weighted by molar-refractivity contribution is 5.71. The number of aliphatic carboxylic acids is 1. The van der Waals surface area contributed by atoms with Crippen molar-refractivity contribution >= 4 is 5.97 Å². The standard InChI is InChI=1S/C34H38F2N2O4/c1-20(34(39)40)31(21-6-7-21)26-12-8-22-10-13-29(42-33(22)32(26)36)23-9-11-25(27-17-30(41-2)37-18-28(27)35)24(16-23)19-38-14-4-3-5-15-38/h8-9,11-12,16-18,20-21,29,31H,3-7,10,13-15,19H2,1-2H3,(H,39,40)/t20-,29?,31?/m0/s1. The van der Waals surface area contributed by atoms with Gasteiger partial charge in [-0.2, -0.15) is 0 Å². The van der Waals surface area contributed by atoms with E-state index in [1.165, 1.54) is 19.7 Å². The van der Waals surface area contributed by atoms with Gasteiger partial charge in [0, 0.05) is 24.1 Å². The number of fused-ring (bicyclic) bond motifs is 1. The predicted octanol–water partition coefficient (Wildman–Crippen LogP) is 7.30. The van der Waals surface area contributed by atoms with E-state index >= 15 is 8.78 Å². The first kappa shape index (κ1) is 28.6. The minimum Gasteiger partial charge on any atom is -0.482 e. The maximum Gasteiger partial charge on any atom is 0.306 e. The Balaban J connectivity index is 1.34. The Hall–Kier alpha value is -3.52. The van der Waals surface area contributed by atoms with E-state index in [1.54, 1.807) is 19.1 Å². The number of halogens is 2. The quantitative estimate of drug-likeness (QED) is 0.288. The summed E-state index contributed by atoms with van der Waals surface area (Å²) in [6, 6.07) is 11.2. The van der Waals surface area contributed by atoms with E-state index in [2.05, 4.69) is 16.0 Å². The molecule has 3 heterocycles. The average molecular weight is 577 g/mol. The van der Waals surface area contributed by atoms with Crippen molar-refractivity contribution < 1.29 is 28.2 Å². The average Bonchev–Trinajstić information content (AvgIpc) is 3.84. The molecule has 0 radical (unpaired) electrons. The van der Waals surface area contributed by atoms with Gasteiger partial charge in [-0.05, 0) is 85.3 Å². The molecule has 2 aliphatic heterocycles. The maximum atomic E-state index is 16.1. The number of likely N-dealkylation sites (tertiary alicyclic amines) is 1. The van der Waals surface area contributed by atoms with Gasteiger partial charge in [-0.3, -0.25) is 9.69 Å². The number of nitrogens with zero attached hydrogens (tertiary/aromatic N) is 2. The van der Waals surface area contributed by atoms with Crippen molar-refractivity contribution in [3.8, 4) is 22.8 Å². The lowest BCUT2D eigenvalue weighted by Gasteiger charge is -2.31. The predicted molar refractivity (Wildman–Crippen MR) is 156 cm³/mol. The number of carboxylic acids is 1. The number of aryl methyl sites for hydroxylation is 1. The Morgan fingerprint density at radius 1 is 1.10 bits per heavy atom. The number of carbonyl (C=O) groups is 1. The van der Waals surface area contributed by atoms with E-state index in [0.29, 0.717) is 36.4 Å². The largest absolute Gasteiger partial charge is 0.482 e. The Kier molecular flexibility index (Phi) is 8.17. The van der Waals surface area contributed by atoms with Crippen molar-refractivity contribution in [1.29, 1.82) is 0 Å². The summed E-state index contributed by atoms with van der Waals surface area (Å²) in [6.45, 7) is 4.32. The van der Waals surface area contributed by atoms with Crippen molar-refractivity contribution in [2.24, 2.45) is 11.8 Å². The van der Waals surface area contributed by atoms with Crippen molar-refractivity contribution in [2.75, 3.05) is 20.2 Å². The van der Waals surface area contributed by atoms with Gasteiger partial charge >= 0.3 is 5.97 Å². The van der Waals surface area contributed by atoms with Crippen LogP contribution in [0.25, 0.3) is 11.1 Å². The van der Waals surface area contributed by atoms with Crippen LogP contribution in [-0.2, 0) is 17.8 Å². The van der Waals surface area contributed by atoms with Gasteiger partial charge in [0.2, 0.25) is 5.88 Å². The highest BCUT2D eigenvalue weighted by Gasteiger charge is 2.41. The lowest BCUT2D eigenvalue weighted by atomic mass is 9.82. The highest BCUT2D eigenvalue weighted by Crippen LogP contribution is 2.50. The first-order chi connectivity index (χ1) is 20.3. The fraction of sp³-hybridized carbons (Fsp3) is 0.471. The summed E-state index contributed by atoms with van der Waals surface area (Å²) in [6.07, 6.45) is 7.48. The minimum atomic E-state index is -0.910. The zero-order valence-corrected chi connectivity index (χ0v) is 24.2. The van der Waals surface area contributed by atoms with E-state index in [0.717, 1.165) is 61.0 Å².